The van der Waals surface area contributed by atoms with Crippen LogP contribution in [0.2, 0.25) is 0 Å². The maximum atomic E-state index is 12.4. The van der Waals surface area contributed by atoms with Crippen LogP contribution in [0.15, 0.2) is 11.5 Å². The maximum absolute atomic E-state index is 12.4. The van der Waals surface area contributed by atoms with Gasteiger partial charge >= 0.3 is 0 Å². The predicted octanol–water partition coefficient (Wildman–Crippen LogP) is 3.24. The Balaban J connectivity index is 2.49. The highest BCUT2D eigenvalue weighted by atomic mass is 16.5. The van der Waals surface area contributed by atoms with Gasteiger partial charge in [-0.15, -0.1) is 0 Å². The lowest BCUT2D eigenvalue weighted by Crippen LogP contribution is -2.31. The van der Waals surface area contributed by atoms with Gasteiger partial charge in [0.15, 0.2) is 0 Å². The van der Waals surface area contributed by atoms with E-state index in [-0.39, 0.29) is 11.7 Å². The normalized spacial score (nSPS) is 19.4. The van der Waals surface area contributed by atoms with Gasteiger partial charge < -0.3 is 19.3 Å². The van der Waals surface area contributed by atoms with Gasteiger partial charge in [0.1, 0.15) is 17.3 Å². The van der Waals surface area contributed by atoms with Crippen molar-refractivity contribution in [3.8, 4) is 0 Å². The first-order valence-corrected chi connectivity index (χ1v) is 7.95. The second-order valence-electron chi connectivity index (χ2n) is 6.62. The van der Waals surface area contributed by atoms with Crippen molar-refractivity contribution in [2.24, 2.45) is 11.3 Å². The summed E-state index contributed by atoms with van der Waals surface area (Å²) in [5, 5.41) is 9.94. The largest absolute Gasteiger partial charge is 0.509 e. The van der Waals surface area contributed by atoms with Crippen LogP contribution < -0.4 is 0 Å². The monoisotopic (exact) mass is 314 g/mol. The van der Waals surface area contributed by atoms with Crippen molar-refractivity contribution in [1.82, 2.24) is 0 Å². The molecular weight excluding hydrogens is 284 g/mol. The Kier molecular flexibility index (Phi) is 7.90. The molecule has 0 aromatic rings. The fraction of sp³-hybridized carbons (Fsp3) is 0.824. The van der Waals surface area contributed by atoms with Gasteiger partial charge in [0.2, 0.25) is 0 Å². The SMILES string of the molecule is COCCCOC1=C(O)CCC(CC(=O)C(C)(C)COC)C1. The summed E-state index contributed by atoms with van der Waals surface area (Å²) in [4.78, 5) is 12.4. The van der Waals surface area contributed by atoms with E-state index in [1.165, 1.54) is 0 Å². The van der Waals surface area contributed by atoms with Crippen LogP contribution in [0.3, 0.4) is 0 Å². The quantitative estimate of drug-likeness (QED) is 0.627. The van der Waals surface area contributed by atoms with E-state index in [4.69, 9.17) is 14.2 Å². The molecule has 1 aliphatic carbocycles. The van der Waals surface area contributed by atoms with Gasteiger partial charge in [0.05, 0.1) is 13.2 Å². The number of ketones is 1. The molecule has 128 valence electrons. The number of hydrogen-bond donors (Lipinski definition) is 1. The minimum Gasteiger partial charge on any atom is -0.509 e. The van der Waals surface area contributed by atoms with Gasteiger partial charge in [-0.3, -0.25) is 4.79 Å². The number of carbonyl (C=O) groups excluding carboxylic acids is 1. The number of aliphatic hydroxyl groups excluding tert-OH is 1. The fourth-order valence-electron chi connectivity index (χ4n) is 2.66. The minimum absolute atomic E-state index is 0.208. The Labute approximate surface area is 133 Å². The maximum Gasteiger partial charge on any atom is 0.141 e. The highest BCUT2D eigenvalue weighted by molar-refractivity contribution is 5.84. The first-order valence-electron chi connectivity index (χ1n) is 7.95. The Morgan fingerprint density at radius 2 is 2.00 bits per heavy atom. The highest BCUT2D eigenvalue weighted by Crippen LogP contribution is 2.33. The molecule has 1 atom stereocenters. The van der Waals surface area contributed by atoms with Crippen LogP contribution in [0.4, 0.5) is 0 Å². The lowest BCUT2D eigenvalue weighted by Gasteiger charge is -2.28. The third-order valence-corrected chi connectivity index (χ3v) is 4.09. The first-order chi connectivity index (χ1) is 10.4. The summed E-state index contributed by atoms with van der Waals surface area (Å²) in [6, 6.07) is 0. The van der Waals surface area contributed by atoms with Crippen LogP contribution in [-0.4, -0.2) is 44.9 Å². The van der Waals surface area contributed by atoms with E-state index >= 15 is 0 Å². The molecule has 5 heteroatoms. The molecule has 0 radical (unpaired) electrons. The molecule has 0 aliphatic heterocycles. The second-order valence-corrected chi connectivity index (χ2v) is 6.62. The third-order valence-electron chi connectivity index (χ3n) is 4.09. The third kappa shape index (κ3) is 5.97. The Hall–Kier alpha value is -1.07. The van der Waals surface area contributed by atoms with E-state index < -0.39 is 5.41 Å². The van der Waals surface area contributed by atoms with Gasteiger partial charge in [-0.05, 0) is 12.3 Å². The number of methoxy groups -OCH3 is 2. The average molecular weight is 314 g/mol. The molecule has 0 spiro atoms. The molecule has 22 heavy (non-hydrogen) atoms. The lowest BCUT2D eigenvalue weighted by molar-refractivity contribution is -0.130. The van der Waals surface area contributed by atoms with Crippen molar-refractivity contribution in [2.75, 3.05) is 34.0 Å². The highest BCUT2D eigenvalue weighted by Gasteiger charge is 2.31. The molecular formula is C17H30O5. The van der Waals surface area contributed by atoms with Gasteiger partial charge in [-0.2, -0.15) is 0 Å². The van der Waals surface area contributed by atoms with Crippen molar-refractivity contribution >= 4 is 5.78 Å². The van der Waals surface area contributed by atoms with E-state index in [0.717, 1.165) is 12.8 Å². The number of hydrogen-bond acceptors (Lipinski definition) is 5. The van der Waals surface area contributed by atoms with Crippen molar-refractivity contribution in [3.63, 3.8) is 0 Å². The molecule has 1 N–H and O–H groups in total. The number of aliphatic hydroxyl groups is 1. The fourth-order valence-corrected chi connectivity index (χ4v) is 2.66. The Morgan fingerprint density at radius 1 is 1.27 bits per heavy atom. The van der Waals surface area contributed by atoms with Crippen LogP contribution in [0.1, 0.15) is 46.0 Å². The lowest BCUT2D eigenvalue weighted by atomic mass is 9.80. The van der Waals surface area contributed by atoms with E-state index in [2.05, 4.69) is 0 Å². The number of Topliss-reactive ketones (excluding diaryl/α,β-unsaturated/α-hetero) is 1. The zero-order chi connectivity index (χ0) is 16.6. The minimum atomic E-state index is -0.461. The summed E-state index contributed by atoms with van der Waals surface area (Å²) in [6.07, 6.45) is 3.34. The molecule has 0 fully saturated rings. The van der Waals surface area contributed by atoms with Crippen molar-refractivity contribution in [2.45, 2.75) is 46.0 Å². The smallest absolute Gasteiger partial charge is 0.141 e. The van der Waals surface area contributed by atoms with Gasteiger partial charge in [-0.25, -0.2) is 0 Å². The number of carbonyl (C=O) groups is 1. The Bertz CT molecular complexity index is 387. The molecule has 0 bridgehead atoms. The average Bonchev–Trinajstić information content (AvgIpc) is 2.46. The second kappa shape index (κ2) is 9.16. The van der Waals surface area contributed by atoms with Crippen LogP contribution in [0, 0.1) is 11.3 Å². The molecule has 1 rings (SSSR count). The molecule has 0 aromatic carbocycles. The van der Waals surface area contributed by atoms with Crippen LogP contribution in [0.5, 0.6) is 0 Å². The van der Waals surface area contributed by atoms with Gasteiger partial charge in [0, 0.05) is 51.9 Å². The summed E-state index contributed by atoms with van der Waals surface area (Å²) < 4.78 is 15.8. The number of ether oxygens (including phenoxy) is 3. The topological polar surface area (TPSA) is 65.0 Å². The number of allylic oxidation sites excluding steroid dienone is 2. The van der Waals surface area contributed by atoms with Crippen molar-refractivity contribution in [3.05, 3.63) is 11.5 Å². The molecule has 5 nitrogen and oxygen atoms in total. The Morgan fingerprint density at radius 3 is 2.64 bits per heavy atom. The van der Waals surface area contributed by atoms with E-state index in [1.54, 1.807) is 14.2 Å². The molecule has 0 amide bonds. The number of rotatable bonds is 10. The molecule has 0 aromatic heterocycles. The summed E-state index contributed by atoms with van der Waals surface area (Å²) in [5.41, 5.74) is -0.461. The van der Waals surface area contributed by atoms with Crippen molar-refractivity contribution in [1.29, 1.82) is 0 Å². The van der Waals surface area contributed by atoms with Gasteiger partial charge in [0.25, 0.3) is 0 Å². The molecule has 0 saturated heterocycles. The first kappa shape index (κ1) is 19.0. The van der Waals surface area contributed by atoms with E-state index in [0.29, 0.717) is 50.6 Å². The van der Waals surface area contributed by atoms with E-state index in [9.17, 15) is 9.90 Å². The zero-order valence-corrected chi connectivity index (χ0v) is 14.3. The van der Waals surface area contributed by atoms with E-state index in [1.807, 2.05) is 13.8 Å². The van der Waals surface area contributed by atoms with Crippen molar-refractivity contribution < 1.29 is 24.1 Å². The zero-order valence-electron chi connectivity index (χ0n) is 14.3. The molecule has 1 unspecified atom stereocenters. The standard InChI is InChI=1S/C17H30O5/c1-17(2,12-21-4)16(19)11-13-6-7-14(18)15(10-13)22-9-5-8-20-3/h13,18H,5-12H2,1-4H3. The summed E-state index contributed by atoms with van der Waals surface area (Å²) in [6.45, 7) is 5.43. The van der Waals surface area contributed by atoms with Crippen LogP contribution >= 0.6 is 0 Å². The van der Waals surface area contributed by atoms with Crippen LogP contribution in [-0.2, 0) is 19.0 Å². The summed E-state index contributed by atoms with van der Waals surface area (Å²) in [5.74, 6) is 1.42. The molecule has 1 aliphatic rings. The molecule has 0 saturated carbocycles. The summed E-state index contributed by atoms with van der Waals surface area (Å²) >= 11 is 0. The van der Waals surface area contributed by atoms with Crippen LogP contribution in [0.25, 0.3) is 0 Å². The summed E-state index contributed by atoms with van der Waals surface area (Å²) in [7, 11) is 3.27. The van der Waals surface area contributed by atoms with Gasteiger partial charge in [-0.1, -0.05) is 13.8 Å². The predicted molar refractivity (Wildman–Crippen MR) is 84.7 cm³/mol. The molecule has 0 heterocycles.